The molecule has 2 aliphatic rings. The zero-order valence-electron chi connectivity index (χ0n) is 20.9. The van der Waals surface area contributed by atoms with Gasteiger partial charge in [0.15, 0.2) is 12.2 Å². The fraction of sp³-hybridized carbons (Fsp3) is 0.0588. The molecule has 5 aromatic carbocycles. The molecule has 2 heterocycles. The van der Waals surface area contributed by atoms with E-state index in [1.807, 2.05) is 103 Å². The van der Waals surface area contributed by atoms with Crippen molar-refractivity contribution in [3.63, 3.8) is 0 Å². The van der Waals surface area contributed by atoms with Crippen LogP contribution in [0.1, 0.15) is 55.2 Å². The first-order valence-corrected chi connectivity index (χ1v) is 12.8. The van der Waals surface area contributed by atoms with Crippen LogP contribution in [0.25, 0.3) is 0 Å². The van der Waals surface area contributed by atoms with E-state index in [2.05, 4.69) is 17.0 Å². The van der Waals surface area contributed by atoms with Crippen LogP contribution in [0, 0.1) is 0 Å². The second kappa shape index (κ2) is 9.30. The van der Waals surface area contributed by atoms with E-state index < -0.39 is 12.2 Å². The molecule has 0 fully saturated rings. The summed E-state index contributed by atoms with van der Waals surface area (Å²) in [7, 11) is 0. The van der Waals surface area contributed by atoms with E-state index in [4.69, 9.17) is 9.47 Å². The molecule has 5 aromatic rings. The molecule has 0 radical (unpaired) electrons. The Balaban J connectivity index is 1.22. The summed E-state index contributed by atoms with van der Waals surface area (Å²) in [6.45, 7) is 0. The summed E-state index contributed by atoms with van der Waals surface area (Å²) in [5, 5.41) is 0. The first-order chi connectivity index (χ1) is 19.2. The quantitative estimate of drug-likeness (QED) is 0.228. The predicted octanol–water partition coefficient (Wildman–Crippen LogP) is 7.68. The number of para-hydroxylation sites is 1. The van der Waals surface area contributed by atoms with Crippen molar-refractivity contribution in [1.29, 1.82) is 0 Å². The largest absolute Gasteiger partial charge is 0.449 e. The number of carbonyl (C=O) groups excluding carboxylic acids is 2. The van der Waals surface area contributed by atoms with Gasteiger partial charge in [-0.1, -0.05) is 78.9 Å². The third kappa shape index (κ3) is 3.96. The molecule has 0 saturated heterocycles. The lowest BCUT2D eigenvalue weighted by Gasteiger charge is -2.26. The maximum atomic E-state index is 12.3. The van der Waals surface area contributed by atoms with Crippen molar-refractivity contribution < 1.29 is 19.1 Å². The fourth-order valence-corrected chi connectivity index (χ4v) is 5.41. The number of carbonyl (C=O) groups is 2. The Morgan fingerprint density at radius 1 is 0.436 bits per heavy atom. The number of esters is 2. The fourth-order valence-electron chi connectivity index (χ4n) is 5.41. The summed E-state index contributed by atoms with van der Waals surface area (Å²) < 4.78 is 11.4. The van der Waals surface area contributed by atoms with Crippen molar-refractivity contribution in [2.24, 2.45) is 0 Å². The molecule has 2 atom stereocenters. The number of fused-ring (bicyclic) bond motifs is 2. The third-order valence-electron chi connectivity index (χ3n) is 7.30. The number of ether oxygens (including phenoxy) is 2. The normalized spacial score (nSPS) is 17.2. The zero-order valence-corrected chi connectivity index (χ0v) is 20.9. The van der Waals surface area contributed by atoms with Gasteiger partial charge >= 0.3 is 11.9 Å². The minimum atomic E-state index is -0.413. The average Bonchev–Trinajstić information content (AvgIpc) is 3.51. The maximum absolute atomic E-state index is 12.3. The van der Waals surface area contributed by atoms with Crippen LogP contribution in [0.15, 0.2) is 127 Å². The molecular formula is C34H23NO4. The van der Waals surface area contributed by atoms with Gasteiger partial charge in [0.1, 0.15) is 0 Å². The monoisotopic (exact) mass is 509 g/mol. The lowest BCUT2D eigenvalue weighted by atomic mass is 9.98. The smallest absolute Gasteiger partial charge is 0.339 e. The second-order valence-corrected chi connectivity index (χ2v) is 9.60. The van der Waals surface area contributed by atoms with Gasteiger partial charge in [-0.15, -0.1) is 0 Å². The van der Waals surface area contributed by atoms with E-state index in [9.17, 15) is 9.59 Å². The Kier molecular flexibility index (Phi) is 5.48. The van der Waals surface area contributed by atoms with E-state index >= 15 is 0 Å². The Morgan fingerprint density at radius 3 is 1.28 bits per heavy atom. The minimum absolute atomic E-state index is 0.291. The standard InChI is InChI=1S/C34H23NO4/c36-33-29-12-6-4-10-27(29)31(38-33)22-14-18-25(19-15-22)35(24-8-2-1-3-9-24)26-20-16-23(17-21-26)32-28-11-5-7-13-30(28)34(37)39-32/h1-21,31-32H. The SMILES string of the molecule is O=C1OC(c2ccc(N(c3ccccc3)c3ccc(C4OC(=O)c5ccccc54)cc3)cc2)c2ccccc21. The maximum Gasteiger partial charge on any atom is 0.339 e. The van der Waals surface area contributed by atoms with E-state index in [1.54, 1.807) is 12.1 Å². The third-order valence-corrected chi connectivity index (χ3v) is 7.30. The van der Waals surface area contributed by atoms with Gasteiger partial charge < -0.3 is 14.4 Å². The highest BCUT2D eigenvalue weighted by Crippen LogP contribution is 2.40. The Morgan fingerprint density at radius 2 is 0.821 bits per heavy atom. The van der Waals surface area contributed by atoms with Crippen LogP contribution in [-0.2, 0) is 9.47 Å². The van der Waals surface area contributed by atoms with Crippen molar-refractivity contribution >= 4 is 29.0 Å². The number of hydrogen-bond donors (Lipinski definition) is 0. The summed E-state index contributed by atoms with van der Waals surface area (Å²) in [5.74, 6) is -0.581. The molecule has 0 spiro atoms. The number of rotatable bonds is 5. The molecule has 5 nitrogen and oxygen atoms in total. The molecular weight excluding hydrogens is 486 g/mol. The van der Waals surface area contributed by atoms with Crippen LogP contribution in [0.3, 0.4) is 0 Å². The molecule has 2 unspecified atom stereocenters. The Labute approximate surface area is 225 Å². The molecule has 7 rings (SSSR count). The van der Waals surface area contributed by atoms with Crippen molar-refractivity contribution in [3.05, 3.63) is 161 Å². The van der Waals surface area contributed by atoms with Crippen LogP contribution >= 0.6 is 0 Å². The van der Waals surface area contributed by atoms with Gasteiger partial charge in [0, 0.05) is 28.2 Å². The van der Waals surface area contributed by atoms with Crippen LogP contribution in [0.5, 0.6) is 0 Å². The van der Waals surface area contributed by atoms with Gasteiger partial charge in [0.05, 0.1) is 11.1 Å². The van der Waals surface area contributed by atoms with Gasteiger partial charge in [0.2, 0.25) is 0 Å². The number of benzene rings is 5. The lowest BCUT2D eigenvalue weighted by molar-refractivity contribution is 0.0446. The number of hydrogen-bond acceptors (Lipinski definition) is 5. The summed E-state index contributed by atoms with van der Waals surface area (Å²) >= 11 is 0. The van der Waals surface area contributed by atoms with Crippen molar-refractivity contribution in [1.82, 2.24) is 0 Å². The van der Waals surface area contributed by atoms with Crippen molar-refractivity contribution in [3.8, 4) is 0 Å². The van der Waals surface area contributed by atoms with Crippen LogP contribution in [0.2, 0.25) is 0 Å². The van der Waals surface area contributed by atoms with Crippen LogP contribution in [0.4, 0.5) is 17.1 Å². The molecule has 0 N–H and O–H groups in total. The molecule has 0 amide bonds. The van der Waals surface area contributed by atoms with E-state index in [0.717, 1.165) is 39.3 Å². The van der Waals surface area contributed by atoms with E-state index in [0.29, 0.717) is 11.1 Å². The first kappa shape index (κ1) is 23.0. The number of nitrogens with zero attached hydrogens (tertiary/aromatic N) is 1. The average molecular weight is 510 g/mol. The number of anilines is 3. The molecule has 188 valence electrons. The van der Waals surface area contributed by atoms with Crippen LogP contribution < -0.4 is 4.90 Å². The topological polar surface area (TPSA) is 55.8 Å². The van der Waals surface area contributed by atoms with Gasteiger partial charge in [-0.2, -0.15) is 0 Å². The molecule has 5 heteroatoms. The number of cyclic esters (lactones) is 2. The highest BCUT2D eigenvalue weighted by atomic mass is 16.6. The Bertz CT molecular complexity index is 1590. The molecule has 39 heavy (non-hydrogen) atoms. The summed E-state index contributed by atoms with van der Waals surface area (Å²) in [6.07, 6.45) is -0.826. The van der Waals surface area contributed by atoms with Gasteiger partial charge in [-0.05, 0) is 59.7 Å². The summed E-state index contributed by atoms with van der Waals surface area (Å²) in [5.41, 5.74) is 7.79. The first-order valence-electron chi connectivity index (χ1n) is 12.8. The Hall–Kier alpha value is -5.16. The highest BCUT2D eigenvalue weighted by molar-refractivity contribution is 5.95. The molecule has 0 aliphatic carbocycles. The second-order valence-electron chi connectivity index (χ2n) is 9.60. The summed E-state index contributed by atoms with van der Waals surface area (Å²) in [4.78, 5) is 26.9. The van der Waals surface area contributed by atoms with Crippen molar-refractivity contribution in [2.45, 2.75) is 12.2 Å². The predicted molar refractivity (Wildman–Crippen MR) is 149 cm³/mol. The zero-order chi connectivity index (χ0) is 26.3. The van der Waals surface area contributed by atoms with Gasteiger partial charge in [-0.25, -0.2) is 9.59 Å². The van der Waals surface area contributed by atoms with E-state index in [1.165, 1.54) is 0 Å². The highest BCUT2D eigenvalue weighted by Gasteiger charge is 2.33. The summed E-state index contributed by atoms with van der Waals surface area (Å²) in [6, 6.07) is 41.4. The van der Waals surface area contributed by atoms with Crippen LogP contribution in [-0.4, -0.2) is 11.9 Å². The molecule has 0 bridgehead atoms. The molecule has 2 aliphatic heterocycles. The van der Waals surface area contributed by atoms with Gasteiger partial charge in [-0.3, -0.25) is 0 Å². The molecule has 0 aromatic heterocycles. The minimum Gasteiger partial charge on any atom is -0.449 e. The lowest BCUT2D eigenvalue weighted by Crippen LogP contribution is -2.10. The van der Waals surface area contributed by atoms with Gasteiger partial charge in [0.25, 0.3) is 0 Å². The van der Waals surface area contributed by atoms with Crippen molar-refractivity contribution in [2.75, 3.05) is 4.90 Å². The molecule has 0 saturated carbocycles. The van der Waals surface area contributed by atoms with E-state index in [-0.39, 0.29) is 11.9 Å².